The number of hydrazone groups is 2. The normalized spacial score (nSPS) is 11.0. The van der Waals surface area contributed by atoms with Crippen molar-refractivity contribution < 1.29 is 30.0 Å². The van der Waals surface area contributed by atoms with E-state index in [4.69, 9.17) is 0 Å². The van der Waals surface area contributed by atoms with E-state index in [1.165, 1.54) is 48.8 Å². The Hall–Kier alpha value is -4.08. The van der Waals surface area contributed by atoms with Crippen LogP contribution in [0.4, 0.5) is 0 Å². The van der Waals surface area contributed by atoms with Crippen LogP contribution in [0.3, 0.4) is 0 Å². The molecule has 10 nitrogen and oxygen atoms in total. The molecule has 2 aromatic carbocycles. The van der Waals surface area contributed by atoms with Gasteiger partial charge in [0.05, 0.1) is 12.4 Å². The smallest absolute Gasteiger partial charge is 0.240 e. The van der Waals surface area contributed by atoms with Crippen molar-refractivity contribution in [2.75, 3.05) is 0 Å². The minimum absolute atomic E-state index is 0.0706. The maximum Gasteiger partial charge on any atom is 0.240 e. The Bertz CT molecular complexity index is 867. The maximum atomic E-state index is 11.7. The maximum absolute atomic E-state index is 11.7. The lowest BCUT2D eigenvalue weighted by Crippen LogP contribution is -2.20. The Morgan fingerprint density at radius 3 is 1.52 bits per heavy atom. The average Bonchev–Trinajstić information content (AvgIpc) is 2.67. The van der Waals surface area contributed by atoms with Crippen molar-refractivity contribution >= 4 is 24.2 Å². The molecule has 10 heteroatoms. The first-order valence-electron chi connectivity index (χ1n) is 8.53. The standard InChI is InChI=1S/C19H20N4O6/c24-14-6-4-12(8-16(14)26)10-20-22-18(28)2-1-3-19(29)23-21-11-13-5-7-15(25)17(27)9-13/h4-11,24-27H,1-3H2,(H,22,28)(H,23,29)/b20-10-,21-11+. The molecule has 2 amide bonds. The zero-order valence-electron chi connectivity index (χ0n) is 15.2. The molecule has 2 rings (SSSR count). The summed E-state index contributed by atoms with van der Waals surface area (Å²) in [5.41, 5.74) is 5.56. The highest BCUT2D eigenvalue weighted by atomic mass is 16.3. The SMILES string of the molecule is O=C(CCCC(=O)N/N=C/c1ccc(O)c(O)c1)N/N=C\c1ccc(O)c(O)c1. The molecule has 2 aromatic rings. The lowest BCUT2D eigenvalue weighted by atomic mass is 10.2. The summed E-state index contributed by atoms with van der Waals surface area (Å²) in [5, 5.41) is 44.6. The van der Waals surface area contributed by atoms with E-state index in [0.717, 1.165) is 0 Å². The van der Waals surface area contributed by atoms with E-state index >= 15 is 0 Å². The molecule has 0 atom stereocenters. The Balaban J connectivity index is 1.66. The van der Waals surface area contributed by atoms with Crippen LogP contribution in [0.25, 0.3) is 0 Å². The fraction of sp³-hybridized carbons (Fsp3) is 0.158. The van der Waals surface area contributed by atoms with E-state index < -0.39 is 0 Å². The van der Waals surface area contributed by atoms with Gasteiger partial charge in [0.2, 0.25) is 11.8 Å². The van der Waals surface area contributed by atoms with Gasteiger partial charge >= 0.3 is 0 Å². The summed E-state index contributed by atoms with van der Waals surface area (Å²) in [5.74, 6) is -1.88. The fourth-order valence-corrected chi connectivity index (χ4v) is 2.12. The minimum atomic E-state index is -0.389. The van der Waals surface area contributed by atoms with Crippen molar-refractivity contribution in [1.82, 2.24) is 10.9 Å². The van der Waals surface area contributed by atoms with Gasteiger partial charge in [-0.05, 0) is 53.9 Å². The summed E-state index contributed by atoms with van der Waals surface area (Å²) in [6.45, 7) is 0. The molecular formula is C19H20N4O6. The number of rotatable bonds is 8. The van der Waals surface area contributed by atoms with Gasteiger partial charge < -0.3 is 20.4 Å². The zero-order chi connectivity index (χ0) is 21.2. The van der Waals surface area contributed by atoms with E-state index in [9.17, 15) is 30.0 Å². The van der Waals surface area contributed by atoms with E-state index in [1.807, 2.05) is 0 Å². The molecule has 0 heterocycles. The predicted octanol–water partition coefficient (Wildman–Crippen LogP) is 1.28. The van der Waals surface area contributed by atoms with Crippen LogP contribution in [0.5, 0.6) is 23.0 Å². The van der Waals surface area contributed by atoms with Gasteiger partial charge in [0.25, 0.3) is 0 Å². The largest absolute Gasteiger partial charge is 0.504 e. The molecule has 0 aliphatic heterocycles. The van der Waals surface area contributed by atoms with Crippen LogP contribution in [0, 0.1) is 0 Å². The van der Waals surface area contributed by atoms with Gasteiger partial charge in [-0.1, -0.05) is 0 Å². The first kappa shape index (κ1) is 21.2. The number of aromatic hydroxyl groups is 4. The Morgan fingerprint density at radius 2 is 1.14 bits per heavy atom. The molecule has 0 aromatic heterocycles. The van der Waals surface area contributed by atoms with Crippen LogP contribution >= 0.6 is 0 Å². The quantitative estimate of drug-likeness (QED) is 0.222. The van der Waals surface area contributed by atoms with Gasteiger partial charge in [-0.2, -0.15) is 10.2 Å². The highest BCUT2D eigenvalue weighted by molar-refractivity contribution is 5.84. The van der Waals surface area contributed by atoms with Crippen LogP contribution in [-0.2, 0) is 9.59 Å². The lowest BCUT2D eigenvalue weighted by molar-refractivity contribution is -0.122. The van der Waals surface area contributed by atoms with Crippen molar-refractivity contribution in [3.05, 3.63) is 47.5 Å². The molecule has 0 radical (unpaired) electrons. The molecule has 0 spiro atoms. The predicted molar refractivity (Wildman–Crippen MR) is 105 cm³/mol. The molecule has 0 bridgehead atoms. The van der Waals surface area contributed by atoms with Crippen molar-refractivity contribution in [2.45, 2.75) is 19.3 Å². The Kier molecular flexibility index (Phi) is 7.54. The number of carbonyl (C=O) groups excluding carboxylic acids is 2. The van der Waals surface area contributed by atoms with Crippen molar-refractivity contribution in [1.29, 1.82) is 0 Å². The molecule has 6 N–H and O–H groups in total. The third-order valence-electron chi connectivity index (χ3n) is 3.61. The van der Waals surface area contributed by atoms with Gasteiger partial charge in [-0.15, -0.1) is 0 Å². The second-order valence-electron chi connectivity index (χ2n) is 5.94. The van der Waals surface area contributed by atoms with E-state index in [-0.39, 0.29) is 54.1 Å². The van der Waals surface area contributed by atoms with Crippen LogP contribution in [-0.4, -0.2) is 44.7 Å². The number of phenols is 4. The second-order valence-corrected chi connectivity index (χ2v) is 5.94. The summed E-state index contributed by atoms with van der Waals surface area (Å²) in [6.07, 6.45) is 3.03. The number of amides is 2. The average molecular weight is 400 g/mol. The fourth-order valence-electron chi connectivity index (χ4n) is 2.12. The van der Waals surface area contributed by atoms with Crippen molar-refractivity contribution in [3.8, 4) is 23.0 Å². The van der Waals surface area contributed by atoms with Gasteiger partial charge in [0, 0.05) is 12.8 Å². The van der Waals surface area contributed by atoms with Crippen LogP contribution in [0.2, 0.25) is 0 Å². The van der Waals surface area contributed by atoms with Crippen LogP contribution in [0.1, 0.15) is 30.4 Å². The summed E-state index contributed by atoms with van der Waals surface area (Å²) in [7, 11) is 0. The molecular weight excluding hydrogens is 380 g/mol. The summed E-state index contributed by atoms with van der Waals surface area (Å²) in [6, 6.07) is 8.18. The molecule has 0 saturated heterocycles. The number of hydrogen-bond acceptors (Lipinski definition) is 8. The third-order valence-corrected chi connectivity index (χ3v) is 3.61. The third kappa shape index (κ3) is 7.21. The molecule has 0 aliphatic carbocycles. The highest BCUT2D eigenvalue weighted by Gasteiger charge is 2.04. The summed E-state index contributed by atoms with van der Waals surface area (Å²) < 4.78 is 0. The topological polar surface area (TPSA) is 164 Å². The first-order valence-corrected chi connectivity index (χ1v) is 8.53. The molecule has 0 saturated carbocycles. The molecule has 0 aliphatic rings. The molecule has 0 fully saturated rings. The van der Waals surface area contributed by atoms with E-state index in [1.54, 1.807) is 0 Å². The van der Waals surface area contributed by atoms with Gasteiger partial charge in [0.15, 0.2) is 23.0 Å². The summed E-state index contributed by atoms with van der Waals surface area (Å²) in [4.78, 5) is 23.3. The number of hydrogen-bond donors (Lipinski definition) is 6. The van der Waals surface area contributed by atoms with E-state index in [0.29, 0.717) is 11.1 Å². The monoisotopic (exact) mass is 400 g/mol. The minimum Gasteiger partial charge on any atom is -0.504 e. The van der Waals surface area contributed by atoms with E-state index in [2.05, 4.69) is 21.1 Å². The number of nitrogens with one attached hydrogen (secondary N) is 2. The number of nitrogens with zero attached hydrogens (tertiary/aromatic N) is 2. The molecule has 29 heavy (non-hydrogen) atoms. The van der Waals surface area contributed by atoms with Crippen molar-refractivity contribution in [3.63, 3.8) is 0 Å². The second kappa shape index (κ2) is 10.3. The Labute approximate surface area is 165 Å². The number of benzene rings is 2. The first-order chi connectivity index (χ1) is 13.8. The number of carbonyl (C=O) groups is 2. The van der Waals surface area contributed by atoms with Gasteiger partial charge in [-0.3, -0.25) is 9.59 Å². The summed E-state index contributed by atoms with van der Waals surface area (Å²) >= 11 is 0. The molecule has 0 unspecified atom stereocenters. The lowest BCUT2D eigenvalue weighted by Gasteiger charge is -2.01. The van der Waals surface area contributed by atoms with Crippen molar-refractivity contribution in [2.24, 2.45) is 10.2 Å². The highest BCUT2D eigenvalue weighted by Crippen LogP contribution is 2.24. The molecule has 152 valence electrons. The van der Waals surface area contributed by atoms with Crippen LogP contribution in [0.15, 0.2) is 46.6 Å². The number of phenolic OH excluding ortho intramolecular Hbond substituents is 4. The van der Waals surface area contributed by atoms with Crippen LogP contribution < -0.4 is 10.9 Å². The zero-order valence-corrected chi connectivity index (χ0v) is 15.2. The van der Waals surface area contributed by atoms with Gasteiger partial charge in [-0.25, -0.2) is 10.9 Å². The van der Waals surface area contributed by atoms with Gasteiger partial charge in [0.1, 0.15) is 0 Å². The Morgan fingerprint density at radius 1 is 0.724 bits per heavy atom.